The fraction of sp³-hybridized carbons (Fsp3) is 0.364. The average Bonchev–Trinajstić information content (AvgIpc) is 2.81. The zero-order chi connectivity index (χ0) is 13.3. The topological polar surface area (TPSA) is 57.8 Å². The lowest BCUT2D eigenvalue weighted by Gasteiger charge is -2.15. The lowest BCUT2D eigenvalue weighted by molar-refractivity contribution is 0.744. The summed E-state index contributed by atoms with van der Waals surface area (Å²) in [5.41, 5.74) is 6.52. The van der Waals surface area contributed by atoms with E-state index >= 15 is 0 Å². The van der Waals surface area contributed by atoms with Gasteiger partial charge in [-0.05, 0) is 47.2 Å². The van der Waals surface area contributed by atoms with Crippen LogP contribution in [0.15, 0.2) is 21.7 Å². The number of nitrogens with two attached hydrogens (primary N) is 1. The number of aryl methyl sites for hydroxylation is 1. The number of rotatable bonds is 1. The predicted octanol–water partition coefficient (Wildman–Crippen LogP) is 1.85. The number of hydrogen-bond donors (Lipinski definition) is 1. The molecule has 0 aromatic carbocycles. The number of halogens is 1. The molecule has 5 nitrogen and oxygen atoms in total. The summed E-state index contributed by atoms with van der Waals surface area (Å²) in [5, 5.41) is 6.67. The van der Waals surface area contributed by atoms with E-state index in [2.05, 4.69) is 26.0 Å². The first-order valence-electron chi connectivity index (χ1n) is 5.50. The molecule has 1 aliphatic rings. The van der Waals surface area contributed by atoms with Crippen molar-refractivity contribution in [1.29, 1.82) is 0 Å². The molecule has 0 aliphatic carbocycles. The summed E-state index contributed by atoms with van der Waals surface area (Å²) in [6.07, 6.45) is 0.810. The van der Waals surface area contributed by atoms with E-state index in [9.17, 15) is 0 Å². The Morgan fingerprint density at radius 1 is 1.56 bits per heavy atom. The van der Waals surface area contributed by atoms with Crippen LogP contribution in [0, 0.1) is 6.92 Å². The first kappa shape index (κ1) is 13.2. The minimum atomic E-state index is 0.329. The highest BCUT2D eigenvalue weighted by molar-refractivity contribution is 9.10. The zero-order valence-corrected chi connectivity index (χ0v) is 12.6. The summed E-state index contributed by atoms with van der Waals surface area (Å²) in [6, 6.07) is 3.91. The Bertz CT molecular complexity index is 516. The van der Waals surface area contributed by atoms with Crippen molar-refractivity contribution in [2.24, 2.45) is 10.8 Å². The van der Waals surface area contributed by atoms with Gasteiger partial charge in [-0.25, -0.2) is 9.99 Å². The molecule has 0 radical (unpaired) electrons. The maximum atomic E-state index is 5.58. The smallest absolute Gasteiger partial charge is 0.171 e. The number of pyridine rings is 1. The molecular formula is C11H14BrN5S. The Morgan fingerprint density at radius 2 is 2.28 bits per heavy atom. The lowest BCUT2D eigenvalue weighted by Crippen LogP contribution is -2.36. The van der Waals surface area contributed by atoms with E-state index in [-0.39, 0.29) is 0 Å². The first-order valence-corrected chi connectivity index (χ1v) is 6.70. The molecule has 1 aliphatic heterocycles. The van der Waals surface area contributed by atoms with Crippen molar-refractivity contribution in [3.05, 3.63) is 22.3 Å². The third-order valence-electron chi connectivity index (χ3n) is 2.77. The molecule has 0 spiro atoms. The Morgan fingerprint density at radius 3 is 2.89 bits per heavy atom. The molecule has 1 aromatic rings. The average molecular weight is 328 g/mol. The maximum absolute atomic E-state index is 5.58. The van der Waals surface area contributed by atoms with Crippen molar-refractivity contribution >= 4 is 44.9 Å². The van der Waals surface area contributed by atoms with Gasteiger partial charge in [0, 0.05) is 17.9 Å². The van der Waals surface area contributed by atoms with Gasteiger partial charge >= 0.3 is 0 Å². The Kier molecular flexibility index (Phi) is 3.82. The van der Waals surface area contributed by atoms with Crippen LogP contribution in [0.25, 0.3) is 0 Å². The summed E-state index contributed by atoms with van der Waals surface area (Å²) in [5.74, 6) is 1.70. The van der Waals surface area contributed by atoms with E-state index in [1.807, 2.05) is 31.1 Å². The Hall–Kier alpha value is -1.21. The third-order valence-corrected chi connectivity index (χ3v) is 3.88. The molecule has 0 saturated heterocycles. The van der Waals surface area contributed by atoms with E-state index in [0.29, 0.717) is 5.11 Å². The van der Waals surface area contributed by atoms with Gasteiger partial charge in [0.15, 0.2) is 5.11 Å². The number of nitrogens with zero attached hydrogens (tertiary/aromatic N) is 4. The maximum Gasteiger partial charge on any atom is 0.171 e. The van der Waals surface area contributed by atoms with E-state index < -0.39 is 0 Å². The van der Waals surface area contributed by atoms with Crippen LogP contribution in [0.3, 0.4) is 0 Å². The number of hydrazone groups is 1. The summed E-state index contributed by atoms with van der Waals surface area (Å²) < 4.78 is 0.995. The van der Waals surface area contributed by atoms with E-state index in [1.165, 1.54) is 0 Å². The fourth-order valence-electron chi connectivity index (χ4n) is 1.65. The highest BCUT2D eigenvalue weighted by Gasteiger charge is 2.21. The van der Waals surface area contributed by atoms with Gasteiger partial charge in [-0.2, -0.15) is 5.10 Å². The molecule has 0 bridgehead atoms. The van der Waals surface area contributed by atoms with Crippen molar-refractivity contribution in [3.63, 3.8) is 0 Å². The van der Waals surface area contributed by atoms with Gasteiger partial charge in [0.1, 0.15) is 11.7 Å². The van der Waals surface area contributed by atoms with Crippen molar-refractivity contribution < 1.29 is 0 Å². The second kappa shape index (κ2) is 5.19. The number of aromatic nitrogens is 1. The molecule has 18 heavy (non-hydrogen) atoms. The molecule has 0 amide bonds. The van der Waals surface area contributed by atoms with E-state index in [4.69, 9.17) is 18.0 Å². The van der Waals surface area contributed by atoms with Gasteiger partial charge in [0.25, 0.3) is 0 Å². The number of hydrogen-bond acceptors (Lipinski definition) is 4. The highest BCUT2D eigenvalue weighted by atomic mass is 79.9. The van der Waals surface area contributed by atoms with Crippen LogP contribution >= 0.6 is 28.1 Å². The van der Waals surface area contributed by atoms with Crippen LogP contribution in [-0.2, 0) is 0 Å². The van der Waals surface area contributed by atoms with Crippen molar-refractivity contribution in [2.45, 2.75) is 13.3 Å². The number of anilines is 1. The largest absolute Gasteiger partial charge is 0.376 e. The molecule has 0 saturated carbocycles. The van der Waals surface area contributed by atoms with Gasteiger partial charge in [0.05, 0.1) is 12.2 Å². The molecule has 0 unspecified atom stereocenters. The molecule has 0 atom stereocenters. The van der Waals surface area contributed by atoms with Gasteiger partial charge in [-0.15, -0.1) is 0 Å². The van der Waals surface area contributed by atoms with Gasteiger partial charge in [-0.3, -0.25) is 0 Å². The SMILES string of the molecule is Cc1nc(N2CCC(N(C)C(N)=S)=N2)ccc1Br. The van der Waals surface area contributed by atoms with Gasteiger partial charge < -0.3 is 10.6 Å². The molecule has 0 fully saturated rings. The molecule has 2 rings (SSSR count). The van der Waals surface area contributed by atoms with Crippen molar-refractivity contribution in [3.8, 4) is 0 Å². The second-order valence-corrected chi connectivity index (χ2v) is 5.30. The van der Waals surface area contributed by atoms with Crippen LogP contribution in [0.2, 0.25) is 0 Å². The lowest BCUT2D eigenvalue weighted by atomic mass is 10.3. The van der Waals surface area contributed by atoms with Crippen molar-refractivity contribution in [1.82, 2.24) is 9.88 Å². The van der Waals surface area contributed by atoms with Gasteiger partial charge in [0.2, 0.25) is 0 Å². The molecule has 1 aromatic heterocycles. The highest BCUT2D eigenvalue weighted by Crippen LogP contribution is 2.22. The first-order chi connectivity index (χ1) is 8.49. The summed E-state index contributed by atoms with van der Waals surface area (Å²) in [7, 11) is 1.82. The number of amidine groups is 1. The standard InChI is InChI=1S/C11H14BrN5S/c1-7-8(12)3-4-9(14-7)17-6-5-10(15-17)16(2)11(13)18/h3-4H,5-6H2,1-2H3,(H2,13,18). The Balaban J connectivity index is 2.21. The summed E-state index contributed by atoms with van der Waals surface area (Å²) in [4.78, 5) is 6.21. The predicted molar refractivity (Wildman–Crippen MR) is 80.6 cm³/mol. The van der Waals surface area contributed by atoms with Crippen LogP contribution in [0.1, 0.15) is 12.1 Å². The van der Waals surface area contributed by atoms with Crippen LogP contribution in [0.5, 0.6) is 0 Å². The monoisotopic (exact) mass is 327 g/mol. The second-order valence-electron chi connectivity index (χ2n) is 4.02. The minimum Gasteiger partial charge on any atom is -0.376 e. The van der Waals surface area contributed by atoms with Gasteiger partial charge in [-0.1, -0.05) is 0 Å². The summed E-state index contributed by atoms with van der Waals surface area (Å²) >= 11 is 8.36. The third kappa shape index (κ3) is 2.62. The van der Waals surface area contributed by atoms with Crippen LogP contribution < -0.4 is 10.7 Å². The Labute approximate surface area is 120 Å². The van der Waals surface area contributed by atoms with Crippen LogP contribution in [0.4, 0.5) is 5.82 Å². The molecule has 96 valence electrons. The fourth-order valence-corrected chi connectivity index (χ4v) is 1.97. The zero-order valence-electron chi connectivity index (χ0n) is 10.2. The molecule has 2 heterocycles. The number of thiocarbonyl (C=S) groups is 1. The quantitative estimate of drug-likeness (QED) is 0.798. The summed E-state index contributed by atoms with van der Waals surface area (Å²) in [6.45, 7) is 2.74. The van der Waals surface area contributed by atoms with Crippen molar-refractivity contribution in [2.75, 3.05) is 18.6 Å². The normalized spacial score (nSPS) is 14.6. The molecular weight excluding hydrogens is 314 g/mol. The molecule has 7 heteroatoms. The van der Waals surface area contributed by atoms with Crippen LogP contribution in [-0.4, -0.2) is 34.4 Å². The molecule has 2 N–H and O–H groups in total. The van der Waals surface area contributed by atoms with E-state index in [1.54, 1.807) is 4.90 Å². The minimum absolute atomic E-state index is 0.329. The van der Waals surface area contributed by atoms with E-state index in [0.717, 1.165) is 34.8 Å².